The predicted molar refractivity (Wildman–Crippen MR) is 121 cm³/mol. The Morgan fingerprint density at radius 2 is 2.00 bits per heavy atom. The first kappa shape index (κ1) is 21.6. The number of thioether (sulfide) groups is 1. The van der Waals surface area contributed by atoms with Crippen LogP contribution < -0.4 is 5.32 Å². The number of carbonyl (C=O) groups excluding carboxylic acids is 2. The summed E-state index contributed by atoms with van der Waals surface area (Å²) in [7, 11) is 1.36. The molecule has 9 heteroatoms. The summed E-state index contributed by atoms with van der Waals surface area (Å²) in [6.45, 7) is 4.07. The summed E-state index contributed by atoms with van der Waals surface area (Å²) >= 11 is 2.63. The number of amides is 1. The number of nitrogens with one attached hydrogen (secondary N) is 1. The van der Waals surface area contributed by atoms with Gasteiger partial charge in [-0.05, 0) is 68.4 Å². The summed E-state index contributed by atoms with van der Waals surface area (Å²) in [6.07, 6.45) is 3.90. The average molecular weight is 458 g/mol. The highest BCUT2D eigenvalue weighted by Crippen LogP contribution is 2.38. The van der Waals surface area contributed by atoms with Gasteiger partial charge in [0.05, 0.1) is 18.4 Å². The first-order chi connectivity index (χ1) is 15.0. The third kappa shape index (κ3) is 4.67. The molecular weight excluding hydrogens is 434 g/mol. The quantitative estimate of drug-likeness (QED) is 0.419. The Morgan fingerprint density at radius 1 is 1.19 bits per heavy atom. The molecule has 0 unspecified atom stereocenters. The number of esters is 1. The number of carbonyl (C=O) groups is 2. The van der Waals surface area contributed by atoms with E-state index in [0.717, 1.165) is 59.0 Å². The Labute approximate surface area is 188 Å². The fourth-order valence-electron chi connectivity index (χ4n) is 3.52. The molecular formula is C22H23N3O4S2. The molecule has 1 aliphatic carbocycles. The number of fused-ring (bicyclic) bond motifs is 1. The molecule has 7 nitrogen and oxygen atoms in total. The molecule has 0 saturated heterocycles. The molecule has 0 atom stereocenters. The number of rotatable bonds is 6. The largest absolute Gasteiger partial charge is 0.465 e. The zero-order valence-electron chi connectivity index (χ0n) is 17.6. The topological polar surface area (TPSA) is 94.3 Å². The van der Waals surface area contributed by atoms with E-state index in [9.17, 15) is 9.59 Å². The van der Waals surface area contributed by atoms with Crippen molar-refractivity contribution >= 4 is 40.0 Å². The number of nitrogens with zero attached hydrogens (tertiary/aromatic N) is 2. The van der Waals surface area contributed by atoms with Crippen molar-refractivity contribution in [2.45, 2.75) is 44.8 Å². The van der Waals surface area contributed by atoms with Crippen LogP contribution in [0.1, 0.15) is 44.8 Å². The van der Waals surface area contributed by atoms with Crippen molar-refractivity contribution in [1.82, 2.24) is 10.2 Å². The van der Waals surface area contributed by atoms with E-state index in [2.05, 4.69) is 15.5 Å². The highest BCUT2D eigenvalue weighted by molar-refractivity contribution is 7.99. The van der Waals surface area contributed by atoms with Gasteiger partial charge in [0, 0.05) is 10.4 Å². The van der Waals surface area contributed by atoms with Crippen LogP contribution in [0.25, 0.3) is 11.5 Å². The molecule has 0 fully saturated rings. The van der Waals surface area contributed by atoms with E-state index >= 15 is 0 Å². The van der Waals surface area contributed by atoms with E-state index in [1.54, 1.807) is 0 Å². The number of anilines is 1. The number of ether oxygens (including phenoxy) is 1. The molecule has 0 radical (unpaired) electrons. The third-order valence-electron chi connectivity index (χ3n) is 5.30. The maximum absolute atomic E-state index is 12.6. The van der Waals surface area contributed by atoms with Crippen LogP contribution in [0.4, 0.5) is 5.00 Å². The van der Waals surface area contributed by atoms with Crippen LogP contribution in [0.5, 0.6) is 0 Å². The molecule has 1 amide bonds. The molecule has 0 spiro atoms. The number of thiophene rings is 1. The zero-order chi connectivity index (χ0) is 22.0. The van der Waals surface area contributed by atoms with Gasteiger partial charge in [0.2, 0.25) is 11.8 Å². The normalized spacial score (nSPS) is 13.0. The van der Waals surface area contributed by atoms with Crippen LogP contribution in [0.15, 0.2) is 27.8 Å². The summed E-state index contributed by atoms with van der Waals surface area (Å²) in [5.74, 6) is -0.125. The molecule has 1 aromatic carbocycles. The SMILES string of the molecule is COC(=O)c1c(NC(=O)CSc2nnc(-c3ccc(C)c(C)c3)o2)sc2c1CCCC2. The summed E-state index contributed by atoms with van der Waals surface area (Å²) in [5, 5.41) is 11.9. The lowest BCUT2D eigenvalue weighted by Gasteiger charge is -2.11. The van der Waals surface area contributed by atoms with Crippen molar-refractivity contribution in [3.05, 3.63) is 45.3 Å². The second-order valence-corrected chi connectivity index (χ2v) is 9.45. The lowest BCUT2D eigenvalue weighted by Crippen LogP contribution is -2.16. The van der Waals surface area contributed by atoms with Gasteiger partial charge in [0.1, 0.15) is 5.00 Å². The van der Waals surface area contributed by atoms with E-state index in [4.69, 9.17) is 9.15 Å². The Kier molecular flexibility index (Phi) is 6.43. The van der Waals surface area contributed by atoms with Crippen LogP contribution >= 0.6 is 23.1 Å². The van der Waals surface area contributed by atoms with Crippen LogP contribution in [0, 0.1) is 13.8 Å². The Morgan fingerprint density at radius 3 is 2.77 bits per heavy atom. The smallest absolute Gasteiger partial charge is 0.341 e. The molecule has 3 aromatic rings. The van der Waals surface area contributed by atoms with Gasteiger partial charge in [-0.1, -0.05) is 17.8 Å². The third-order valence-corrected chi connectivity index (χ3v) is 7.33. The second-order valence-electron chi connectivity index (χ2n) is 7.42. The molecule has 1 aliphatic rings. The van der Waals surface area contributed by atoms with Crippen molar-refractivity contribution in [2.24, 2.45) is 0 Å². The molecule has 2 heterocycles. The van der Waals surface area contributed by atoms with Crippen molar-refractivity contribution in [3.63, 3.8) is 0 Å². The summed E-state index contributed by atoms with van der Waals surface area (Å²) in [4.78, 5) is 26.0. The lowest BCUT2D eigenvalue weighted by molar-refractivity contribution is -0.113. The second kappa shape index (κ2) is 9.23. The molecule has 162 valence electrons. The standard InChI is InChI=1S/C22H23N3O4S2/c1-12-8-9-14(10-13(12)2)19-24-25-22(29-19)30-11-17(26)23-20-18(21(27)28-3)15-6-4-5-7-16(15)31-20/h8-10H,4-7,11H2,1-3H3,(H,23,26). The maximum Gasteiger partial charge on any atom is 0.341 e. The van der Waals surface area contributed by atoms with Crippen LogP contribution in [-0.2, 0) is 22.4 Å². The number of aryl methyl sites for hydroxylation is 3. The fourth-order valence-corrected chi connectivity index (χ4v) is 5.38. The van der Waals surface area contributed by atoms with Gasteiger partial charge in [0.15, 0.2) is 0 Å². The van der Waals surface area contributed by atoms with Gasteiger partial charge >= 0.3 is 5.97 Å². The Bertz CT molecular complexity index is 1140. The molecule has 2 aromatic heterocycles. The highest BCUT2D eigenvalue weighted by Gasteiger charge is 2.27. The first-order valence-corrected chi connectivity index (χ1v) is 11.8. The van der Waals surface area contributed by atoms with Gasteiger partial charge in [-0.3, -0.25) is 4.79 Å². The minimum Gasteiger partial charge on any atom is -0.465 e. The average Bonchev–Trinajstić information content (AvgIpc) is 3.38. The first-order valence-electron chi connectivity index (χ1n) is 10.0. The van der Waals surface area contributed by atoms with E-state index < -0.39 is 5.97 Å². The van der Waals surface area contributed by atoms with Gasteiger partial charge in [-0.2, -0.15) is 0 Å². The minimum absolute atomic E-state index is 0.0950. The van der Waals surface area contributed by atoms with Gasteiger partial charge < -0.3 is 14.5 Å². The summed E-state index contributed by atoms with van der Waals surface area (Å²) in [6, 6.07) is 5.94. The van der Waals surface area contributed by atoms with Gasteiger partial charge in [-0.15, -0.1) is 21.5 Å². The molecule has 0 saturated carbocycles. The van der Waals surface area contributed by atoms with E-state index in [0.29, 0.717) is 21.7 Å². The van der Waals surface area contributed by atoms with Gasteiger partial charge in [0.25, 0.3) is 5.22 Å². The van der Waals surface area contributed by atoms with Crippen LogP contribution in [0.2, 0.25) is 0 Å². The molecule has 31 heavy (non-hydrogen) atoms. The summed E-state index contributed by atoms with van der Waals surface area (Å²) in [5.41, 5.74) is 4.69. The van der Waals surface area contributed by atoms with E-state index in [1.807, 2.05) is 32.0 Å². The van der Waals surface area contributed by atoms with Crippen molar-refractivity contribution in [1.29, 1.82) is 0 Å². The maximum atomic E-state index is 12.6. The molecule has 1 N–H and O–H groups in total. The van der Waals surface area contributed by atoms with Crippen LogP contribution in [0.3, 0.4) is 0 Å². The number of hydrogen-bond acceptors (Lipinski definition) is 8. The predicted octanol–water partition coefficient (Wildman–Crippen LogP) is 4.81. The molecule has 4 rings (SSSR count). The van der Waals surface area contributed by atoms with Crippen molar-refractivity contribution < 1.29 is 18.7 Å². The van der Waals surface area contributed by atoms with E-state index in [1.165, 1.54) is 24.0 Å². The Hall–Kier alpha value is -2.65. The number of benzene rings is 1. The fraction of sp³-hybridized carbons (Fsp3) is 0.364. The number of hydrogen-bond donors (Lipinski definition) is 1. The Balaban J connectivity index is 1.42. The van der Waals surface area contributed by atoms with Gasteiger partial charge in [-0.25, -0.2) is 4.79 Å². The zero-order valence-corrected chi connectivity index (χ0v) is 19.2. The molecule has 0 bridgehead atoms. The molecule has 0 aliphatic heterocycles. The minimum atomic E-state index is -0.405. The lowest BCUT2D eigenvalue weighted by atomic mass is 9.95. The van der Waals surface area contributed by atoms with Crippen LogP contribution in [-0.4, -0.2) is 34.9 Å². The highest BCUT2D eigenvalue weighted by atomic mass is 32.2. The number of aromatic nitrogens is 2. The monoisotopic (exact) mass is 457 g/mol. The summed E-state index contributed by atoms with van der Waals surface area (Å²) < 4.78 is 10.7. The van der Waals surface area contributed by atoms with Crippen molar-refractivity contribution in [2.75, 3.05) is 18.2 Å². The number of methoxy groups -OCH3 is 1. The van der Waals surface area contributed by atoms with E-state index in [-0.39, 0.29) is 11.7 Å². The van der Waals surface area contributed by atoms with Crippen molar-refractivity contribution in [3.8, 4) is 11.5 Å².